The fourth-order valence-electron chi connectivity index (χ4n) is 1.66. The van der Waals surface area contributed by atoms with Gasteiger partial charge in [0.1, 0.15) is 22.9 Å². The summed E-state index contributed by atoms with van der Waals surface area (Å²) in [6, 6.07) is 8.78. The molecule has 7 heteroatoms. The molecule has 0 aliphatic rings. The van der Waals surface area contributed by atoms with E-state index < -0.39 is 29.2 Å². The second kappa shape index (κ2) is 6.00. The monoisotopic (exact) mass is 292 g/mol. The molecule has 108 valence electrons. The Morgan fingerprint density at radius 2 is 1.67 bits per heavy atom. The van der Waals surface area contributed by atoms with Crippen molar-refractivity contribution in [2.75, 3.05) is 5.32 Å². The molecule has 0 saturated carbocycles. The zero-order valence-electron chi connectivity index (χ0n) is 10.6. The lowest BCUT2D eigenvalue weighted by molar-refractivity contribution is 0.101. The van der Waals surface area contributed by atoms with Gasteiger partial charge in [0.2, 0.25) is 0 Å². The highest BCUT2D eigenvalue weighted by atomic mass is 19.1. The largest absolute Gasteiger partial charge is 0.410 e. The predicted molar refractivity (Wildman–Crippen MR) is 71.0 cm³/mol. The van der Waals surface area contributed by atoms with Crippen LogP contribution in [0.15, 0.2) is 42.5 Å². The molecular formula is C14H10F2N2O3. The number of rotatable bonds is 3. The third kappa shape index (κ3) is 3.53. The van der Waals surface area contributed by atoms with Crippen LogP contribution in [0.3, 0.4) is 0 Å². The van der Waals surface area contributed by atoms with Crippen molar-refractivity contribution < 1.29 is 23.1 Å². The normalized spacial score (nSPS) is 10.0. The molecule has 2 aromatic rings. The van der Waals surface area contributed by atoms with Gasteiger partial charge >= 0.3 is 6.09 Å². The summed E-state index contributed by atoms with van der Waals surface area (Å²) in [7, 11) is 0. The molecule has 21 heavy (non-hydrogen) atoms. The molecule has 0 unspecified atom stereocenters. The Labute approximate surface area is 118 Å². The highest BCUT2D eigenvalue weighted by Crippen LogP contribution is 2.19. The number of amides is 2. The number of nitrogens with one attached hydrogen (secondary N) is 1. The molecule has 0 heterocycles. The number of benzene rings is 2. The Kier molecular flexibility index (Phi) is 4.13. The first-order valence-corrected chi connectivity index (χ1v) is 5.80. The van der Waals surface area contributed by atoms with Gasteiger partial charge in [-0.3, -0.25) is 4.79 Å². The number of anilines is 1. The Morgan fingerprint density at radius 1 is 1.05 bits per heavy atom. The van der Waals surface area contributed by atoms with Gasteiger partial charge in [-0.15, -0.1) is 0 Å². The van der Waals surface area contributed by atoms with E-state index in [2.05, 4.69) is 10.1 Å². The fraction of sp³-hybridized carbons (Fsp3) is 0. The molecule has 0 bridgehead atoms. The van der Waals surface area contributed by atoms with Gasteiger partial charge in [0, 0.05) is 11.8 Å². The topological polar surface area (TPSA) is 81.4 Å². The van der Waals surface area contributed by atoms with Crippen LogP contribution < -0.4 is 15.8 Å². The van der Waals surface area contributed by atoms with E-state index in [0.29, 0.717) is 0 Å². The number of primary amides is 1. The van der Waals surface area contributed by atoms with E-state index in [1.807, 2.05) is 0 Å². The van der Waals surface area contributed by atoms with E-state index in [1.54, 1.807) is 0 Å². The van der Waals surface area contributed by atoms with Gasteiger partial charge in [-0.05, 0) is 24.3 Å². The zero-order chi connectivity index (χ0) is 15.4. The van der Waals surface area contributed by atoms with Crippen molar-refractivity contribution in [3.8, 4) is 5.75 Å². The number of carbonyl (C=O) groups is 2. The smallest absolute Gasteiger partial charge is 0.409 e. The third-order valence-corrected chi connectivity index (χ3v) is 2.50. The van der Waals surface area contributed by atoms with Crippen molar-refractivity contribution in [1.82, 2.24) is 0 Å². The molecule has 0 saturated heterocycles. The summed E-state index contributed by atoms with van der Waals surface area (Å²) in [5.74, 6) is -2.81. The second-order valence-corrected chi connectivity index (χ2v) is 4.00. The van der Waals surface area contributed by atoms with Crippen molar-refractivity contribution in [3.63, 3.8) is 0 Å². The first-order valence-electron chi connectivity index (χ1n) is 5.80. The number of carbonyl (C=O) groups excluding carboxylic acids is 2. The predicted octanol–water partition coefficient (Wildman–Crippen LogP) is 2.67. The Morgan fingerprint density at radius 3 is 2.29 bits per heavy atom. The Hall–Kier alpha value is -2.96. The van der Waals surface area contributed by atoms with Crippen molar-refractivity contribution in [2.24, 2.45) is 5.73 Å². The molecule has 0 aromatic heterocycles. The third-order valence-electron chi connectivity index (χ3n) is 2.50. The lowest BCUT2D eigenvalue weighted by atomic mass is 10.1. The zero-order valence-corrected chi connectivity index (χ0v) is 10.6. The average Bonchev–Trinajstić information content (AvgIpc) is 2.37. The molecule has 3 N–H and O–H groups in total. The molecule has 0 radical (unpaired) electrons. The number of hydrogen-bond donors (Lipinski definition) is 2. The van der Waals surface area contributed by atoms with Crippen LogP contribution in [0.5, 0.6) is 5.75 Å². The number of nitrogens with two attached hydrogens (primary N) is 1. The molecule has 2 amide bonds. The summed E-state index contributed by atoms with van der Waals surface area (Å²) in [4.78, 5) is 22.5. The van der Waals surface area contributed by atoms with Crippen molar-refractivity contribution >= 4 is 17.7 Å². The number of halogens is 2. The minimum absolute atomic E-state index is 0.0919. The quantitative estimate of drug-likeness (QED) is 0.912. The Bertz CT molecular complexity index is 684. The van der Waals surface area contributed by atoms with Gasteiger partial charge in [-0.25, -0.2) is 13.6 Å². The van der Waals surface area contributed by atoms with Crippen molar-refractivity contribution in [3.05, 3.63) is 59.7 Å². The number of ether oxygens (including phenoxy) is 1. The molecule has 0 atom stereocenters. The van der Waals surface area contributed by atoms with Crippen LogP contribution in [0.4, 0.5) is 19.3 Å². The first-order chi connectivity index (χ1) is 9.97. The summed E-state index contributed by atoms with van der Waals surface area (Å²) < 4.78 is 31.6. The molecule has 0 fully saturated rings. The maximum Gasteiger partial charge on any atom is 0.409 e. The molecule has 2 rings (SSSR count). The van der Waals surface area contributed by atoms with Crippen LogP contribution in [0, 0.1) is 11.6 Å². The summed E-state index contributed by atoms with van der Waals surface area (Å²) in [5.41, 5.74) is 4.36. The van der Waals surface area contributed by atoms with E-state index in [-0.39, 0.29) is 11.4 Å². The van der Waals surface area contributed by atoms with Gasteiger partial charge in [0.05, 0.1) is 0 Å². The van der Waals surface area contributed by atoms with Crippen molar-refractivity contribution in [1.29, 1.82) is 0 Å². The molecular weight excluding hydrogens is 282 g/mol. The summed E-state index contributed by atoms with van der Waals surface area (Å²) in [6.45, 7) is 0. The average molecular weight is 292 g/mol. The van der Waals surface area contributed by atoms with Crippen LogP contribution in [0.2, 0.25) is 0 Å². The van der Waals surface area contributed by atoms with Gasteiger partial charge in [-0.2, -0.15) is 0 Å². The molecule has 2 aromatic carbocycles. The minimum Gasteiger partial charge on any atom is -0.410 e. The van der Waals surface area contributed by atoms with Crippen LogP contribution >= 0.6 is 0 Å². The highest BCUT2D eigenvalue weighted by Gasteiger charge is 2.17. The van der Waals surface area contributed by atoms with Crippen molar-refractivity contribution in [2.45, 2.75) is 0 Å². The van der Waals surface area contributed by atoms with Gasteiger partial charge in [0.15, 0.2) is 0 Å². The van der Waals surface area contributed by atoms with E-state index in [1.165, 1.54) is 24.3 Å². The lowest BCUT2D eigenvalue weighted by Gasteiger charge is -2.08. The van der Waals surface area contributed by atoms with Crippen LogP contribution in [0.1, 0.15) is 10.4 Å². The van der Waals surface area contributed by atoms with E-state index in [4.69, 9.17) is 5.73 Å². The molecule has 5 nitrogen and oxygen atoms in total. The summed E-state index contributed by atoms with van der Waals surface area (Å²) in [6.07, 6.45) is -1.02. The van der Waals surface area contributed by atoms with Crippen LogP contribution in [0.25, 0.3) is 0 Å². The summed E-state index contributed by atoms with van der Waals surface area (Å²) >= 11 is 0. The second-order valence-electron chi connectivity index (χ2n) is 4.00. The lowest BCUT2D eigenvalue weighted by Crippen LogP contribution is -2.17. The van der Waals surface area contributed by atoms with Gasteiger partial charge in [0.25, 0.3) is 5.91 Å². The maximum atomic E-state index is 13.5. The SMILES string of the molecule is NC(=O)Oc1cccc(NC(=O)c2c(F)cccc2F)c1. The van der Waals surface area contributed by atoms with Crippen LogP contribution in [-0.2, 0) is 0 Å². The summed E-state index contributed by atoms with van der Waals surface area (Å²) in [5, 5.41) is 2.30. The van der Waals surface area contributed by atoms with E-state index in [0.717, 1.165) is 18.2 Å². The van der Waals surface area contributed by atoms with Gasteiger partial charge < -0.3 is 15.8 Å². The minimum atomic E-state index is -1.02. The number of hydrogen-bond acceptors (Lipinski definition) is 3. The molecule has 0 spiro atoms. The highest BCUT2D eigenvalue weighted by molar-refractivity contribution is 6.04. The standard InChI is InChI=1S/C14H10F2N2O3/c15-10-5-2-6-11(16)12(10)13(19)18-8-3-1-4-9(7-8)21-14(17)20/h1-7H,(H2,17,20)(H,18,19). The van der Waals surface area contributed by atoms with E-state index >= 15 is 0 Å². The van der Waals surface area contributed by atoms with E-state index in [9.17, 15) is 18.4 Å². The molecule has 0 aliphatic carbocycles. The van der Waals surface area contributed by atoms with Crippen LogP contribution in [-0.4, -0.2) is 12.0 Å². The maximum absolute atomic E-state index is 13.5. The Balaban J connectivity index is 2.22. The van der Waals surface area contributed by atoms with Gasteiger partial charge in [-0.1, -0.05) is 12.1 Å². The first kappa shape index (κ1) is 14.4. The molecule has 0 aliphatic heterocycles. The fourth-order valence-corrected chi connectivity index (χ4v) is 1.66.